The molecule has 2 N–H and O–H groups in total. The van der Waals surface area contributed by atoms with Crippen LogP contribution >= 0.6 is 0 Å². The molecule has 0 aromatic carbocycles. The average Bonchev–Trinajstić information content (AvgIpc) is 2.62. The smallest absolute Gasteiger partial charge is 0.216 e. The second kappa shape index (κ2) is 12.7. The third-order valence-corrected chi connectivity index (χ3v) is 5.37. The van der Waals surface area contributed by atoms with Crippen LogP contribution < -0.4 is 0 Å². The van der Waals surface area contributed by atoms with Gasteiger partial charge < -0.3 is 19.8 Å². The number of aliphatic hydroxyl groups excluding tert-OH is 1. The molecule has 0 aliphatic carbocycles. The topological polar surface area (TPSA) is 56.2 Å². The van der Waals surface area contributed by atoms with E-state index in [9.17, 15) is 10.2 Å². The summed E-state index contributed by atoms with van der Waals surface area (Å²) < 4.78 is 5.62. The zero-order valence-electron chi connectivity index (χ0n) is 19.4. The van der Waals surface area contributed by atoms with E-state index in [0.29, 0.717) is 13.0 Å². The van der Waals surface area contributed by atoms with Gasteiger partial charge in [0, 0.05) is 19.6 Å². The Morgan fingerprint density at radius 2 is 2.00 bits per heavy atom. The molecule has 0 saturated carbocycles. The largest absolute Gasteiger partial charge is 0.389 e. The lowest BCUT2D eigenvalue weighted by atomic mass is 9.90. The molecule has 5 nitrogen and oxygen atoms in total. The Kier molecular flexibility index (Phi) is 11.4. The number of likely N-dealkylation sites (N-methyl/N-ethyl adjacent to an activating group) is 1. The van der Waals surface area contributed by atoms with Crippen molar-refractivity contribution >= 4 is 0 Å². The van der Waals surface area contributed by atoms with E-state index in [1.165, 1.54) is 5.57 Å². The highest BCUT2D eigenvalue weighted by atomic mass is 16.6. The molecule has 1 unspecified atom stereocenters. The highest BCUT2D eigenvalue weighted by Crippen LogP contribution is 2.25. The molecule has 0 amide bonds. The van der Waals surface area contributed by atoms with Crippen molar-refractivity contribution in [3.05, 3.63) is 36.5 Å². The molecule has 1 fully saturated rings. The maximum Gasteiger partial charge on any atom is 0.216 e. The summed E-state index contributed by atoms with van der Waals surface area (Å²) in [6, 6.07) is 0. The number of hydrogen-bond acceptors (Lipinski definition) is 5. The molecular formula is C24H44N2O3. The standard InChI is InChI=1S/C24H44N2O3/c1-7-9-10-13-21(8-2)14-18-26-17-12-11-15-24(28,16-19-26)20-25(6)22(27)29-23(3,4)5/h7-9,13,22,27-28H,2,10-12,14-20H2,1,3-6H3/b9-7-,21-13-/t22-,24?/m1/s1. The highest BCUT2D eigenvalue weighted by molar-refractivity contribution is 5.17. The summed E-state index contributed by atoms with van der Waals surface area (Å²) in [5.74, 6) is 0. The van der Waals surface area contributed by atoms with Crippen molar-refractivity contribution in [2.45, 2.75) is 83.8 Å². The summed E-state index contributed by atoms with van der Waals surface area (Å²) in [4.78, 5) is 4.15. The van der Waals surface area contributed by atoms with Gasteiger partial charge in [0.05, 0.1) is 11.2 Å². The Bertz CT molecular complexity index is 539. The fourth-order valence-corrected chi connectivity index (χ4v) is 3.65. The van der Waals surface area contributed by atoms with Crippen LogP contribution in [0.15, 0.2) is 36.5 Å². The van der Waals surface area contributed by atoms with E-state index in [-0.39, 0.29) is 0 Å². The first-order valence-corrected chi connectivity index (χ1v) is 11.0. The zero-order valence-corrected chi connectivity index (χ0v) is 19.4. The molecule has 0 spiro atoms. The van der Waals surface area contributed by atoms with Gasteiger partial charge in [0.1, 0.15) is 0 Å². The quantitative estimate of drug-likeness (QED) is 0.324. The Labute approximate surface area is 178 Å². The van der Waals surface area contributed by atoms with E-state index in [1.807, 2.05) is 33.8 Å². The molecule has 0 bridgehead atoms. The number of rotatable bonds is 10. The fourth-order valence-electron chi connectivity index (χ4n) is 3.65. The number of nitrogens with zero attached hydrogens (tertiary/aromatic N) is 2. The highest BCUT2D eigenvalue weighted by Gasteiger charge is 2.33. The second-order valence-corrected chi connectivity index (χ2v) is 9.28. The first-order chi connectivity index (χ1) is 13.6. The number of likely N-dealkylation sites (tertiary alicyclic amines) is 1. The van der Waals surface area contributed by atoms with Gasteiger partial charge in [-0.15, -0.1) is 0 Å². The monoisotopic (exact) mass is 408 g/mol. The molecule has 2 atom stereocenters. The van der Waals surface area contributed by atoms with Gasteiger partial charge in [-0.05, 0) is 79.8 Å². The molecule has 29 heavy (non-hydrogen) atoms. The third-order valence-electron chi connectivity index (χ3n) is 5.37. The van der Waals surface area contributed by atoms with Crippen molar-refractivity contribution in [1.82, 2.24) is 9.80 Å². The Hall–Kier alpha value is -0.980. The molecule has 1 aliphatic rings. The van der Waals surface area contributed by atoms with Crippen molar-refractivity contribution < 1.29 is 14.9 Å². The molecule has 0 aromatic rings. The van der Waals surface area contributed by atoms with Crippen LogP contribution in [-0.4, -0.2) is 70.9 Å². The second-order valence-electron chi connectivity index (χ2n) is 9.28. The SMILES string of the molecule is C=C/C(=C/C/C=C\C)CCN1CCCCC(O)(CN(C)[C@H](O)OC(C)(C)C)CC1. The maximum atomic E-state index is 11.2. The van der Waals surface area contributed by atoms with Crippen molar-refractivity contribution in [1.29, 1.82) is 0 Å². The van der Waals surface area contributed by atoms with E-state index in [1.54, 1.807) is 11.9 Å². The summed E-state index contributed by atoms with van der Waals surface area (Å²) in [5.41, 5.74) is 0.0401. The molecule has 0 radical (unpaired) electrons. The van der Waals surface area contributed by atoms with E-state index < -0.39 is 17.6 Å². The lowest BCUT2D eigenvalue weighted by molar-refractivity contribution is -0.242. The van der Waals surface area contributed by atoms with Gasteiger partial charge in [-0.2, -0.15) is 0 Å². The predicted molar refractivity (Wildman–Crippen MR) is 122 cm³/mol. The zero-order chi connectivity index (χ0) is 21.9. The van der Waals surface area contributed by atoms with Crippen LogP contribution in [0.2, 0.25) is 0 Å². The maximum absolute atomic E-state index is 11.2. The van der Waals surface area contributed by atoms with Crippen molar-refractivity contribution in [2.24, 2.45) is 0 Å². The number of allylic oxidation sites excluding steroid dienone is 4. The lowest BCUT2D eigenvalue weighted by Crippen LogP contribution is -2.50. The van der Waals surface area contributed by atoms with E-state index in [0.717, 1.165) is 51.7 Å². The van der Waals surface area contributed by atoms with Gasteiger partial charge in [0.15, 0.2) is 0 Å². The first-order valence-electron chi connectivity index (χ1n) is 11.0. The van der Waals surface area contributed by atoms with Gasteiger partial charge in [-0.3, -0.25) is 4.90 Å². The van der Waals surface area contributed by atoms with Crippen LogP contribution in [0.3, 0.4) is 0 Å². The van der Waals surface area contributed by atoms with Gasteiger partial charge >= 0.3 is 0 Å². The summed E-state index contributed by atoms with van der Waals surface area (Å²) in [6.07, 6.45) is 12.8. The van der Waals surface area contributed by atoms with Crippen LogP contribution in [-0.2, 0) is 4.74 Å². The predicted octanol–water partition coefficient (Wildman–Crippen LogP) is 4.09. The molecule has 1 aliphatic heterocycles. The van der Waals surface area contributed by atoms with Crippen molar-refractivity contribution in [3.8, 4) is 0 Å². The molecule has 1 rings (SSSR count). The number of aliphatic hydroxyl groups is 2. The van der Waals surface area contributed by atoms with E-state index in [4.69, 9.17) is 4.74 Å². The number of hydrogen-bond donors (Lipinski definition) is 2. The van der Waals surface area contributed by atoms with E-state index >= 15 is 0 Å². The van der Waals surface area contributed by atoms with Gasteiger partial charge in [-0.1, -0.05) is 36.5 Å². The normalized spacial score (nSPS) is 23.9. The van der Waals surface area contributed by atoms with Crippen LogP contribution in [0.1, 0.15) is 66.2 Å². The van der Waals surface area contributed by atoms with Crippen molar-refractivity contribution in [2.75, 3.05) is 33.2 Å². The van der Waals surface area contributed by atoms with Gasteiger partial charge in [-0.25, -0.2) is 0 Å². The molecule has 0 aromatic heterocycles. The van der Waals surface area contributed by atoms with Gasteiger partial charge in [0.2, 0.25) is 6.41 Å². The Morgan fingerprint density at radius 3 is 2.62 bits per heavy atom. The van der Waals surface area contributed by atoms with Crippen molar-refractivity contribution in [3.63, 3.8) is 0 Å². The summed E-state index contributed by atoms with van der Waals surface area (Å²) in [7, 11) is 1.80. The Balaban J connectivity index is 2.59. The molecule has 1 heterocycles. The minimum atomic E-state index is -1.02. The van der Waals surface area contributed by atoms with Gasteiger partial charge in [0.25, 0.3) is 0 Å². The van der Waals surface area contributed by atoms with E-state index in [2.05, 4.69) is 29.7 Å². The molecule has 1 saturated heterocycles. The third kappa shape index (κ3) is 11.1. The van der Waals surface area contributed by atoms with Crippen LogP contribution in [0, 0.1) is 0 Å². The number of ether oxygens (including phenoxy) is 1. The lowest BCUT2D eigenvalue weighted by Gasteiger charge is -2.39. The molecule has 168 valence electrons. The summed E-state index contributed by atoms with van der Waals surface area (Å²) >= 11 is 0. The molecular weight excluding hydrogens is 364 g/mol. The van der Waals surface area contributed by atoms with Crippen LogP contribution in [0.4, 0.5) is 0 Å². The summed E-state index contributed by atoms with van der Waals surface area (Å²) in [5, 5.41) is 21.5. The first kappa shape index (κ1) is 26.1. The summed E-state index contributed by atoms with van der Waals surface area (Å²) in [6.45, 7) is 15.0. The van der Waals surface area contributed by atoms with Crippen LogP contribution in [0.25, 0.3) is 0 Å². The van der Waals surface area contributed by atoms with Crippen LogP contribution in [0.5, 0.6) is 0 Å². The minimum absolute atomic E-state index is 0.402. The average molecular weight is 409 g/mol. The minimum Gasteiger partial charge on any atom is -0.389 e. The fraction of sp³-hybridized carbons (Fsp3) is 0.750. The molecule has 5 heteroatoms. The Morgan fingerprint density at radius 1 is 1.28 bits per heavy atom.